The van der Waals surface area contributed by atoms with Crippen molar-refractivity contribution in [3.05, 3.63) is 89.4 Å². The quantitative estimate of drug-likeness (QED) is 0.532. The third-order valence-corrected chi connectivity index (χ3v) is 4.03. The van der Waals surface area contributed by atoms with Crippen molar-refractivity contribution in [2.45, 2.75) is 13.8 Å². The minimum absolute atomic E-state index is 0.170. The Kier molecular flexibility index (Phi) is 5.47. The van der Waals surface area contributed by atoms with Crippen molar-refractivity contribution in [1.82, 2.24) is 5.43 Å². The number of anilines is 1. The standard InChI is InChI=1S/C21H19N3O3/c1-14(23-24-21(26)19-12-13-27-15(19)2)16-8-10-18(11-9-16)22-20(25)17-6-4-3-5-7-17/h3-13H,1-2H3,(H,22,25)(H,24,26). The van der Waals surface area contributed by atoms with E-state index in [9.17, 15) is 9.59 Å². The SMILES string of the molecule is CC(=NNC(=O)c1ccoc1C)c1ccc(NC(=O)c2ccccc2)cc1. The van der Waals surface area contributed by atoms with Crippen LogP contribution in [-0.2, 0) is 0 Å². The van der Waals surface area contributed by atoms with Gasteiger partial charge in [0.15, 0.2) is 0 Å². The van der Waals surface area contributed by atoms with Crippen LogP contribution in [-0.4, -0.2) is 17.5 Å². The number of hydrogen-bond acceptors (Lipinski definition) is 4. The predicted molar refractivity (Wildman–Crippen MR) is 104 cm³/mol. The summed E-state index contributed by atoms with van der Waals surface area (Å²) >= 11 is 0. The van der Waals surface area contributed by atoms with E-state index in [1.807, 2.05) is 30.3 Å². The lowest BCUT2D eigenvalue weighted by atomic mass is 10.1. The molecule has 6 heteroatoms. The number of carbonyl (C=O) groups excluding carboxylic acids is 2. The monoisotopic (exact) mass is 361 g/mol. The Morgan fingerprint density at radius 1 is 0.889 bits per heavy atom. The third-order valence-electron chi connectivity index (χ3n) is 4.03. The van der Waals surface area contributed by atoms with Crippen molar-refractivity contribution in [1.29, 1.82) is 0 Å². The summed E-state index contributed by atoms with van der Waals surface area (Å²) in [7, 11) is 0. The van der Waals surface area contributed by atoms with E-state index in [4.69, 9.17) is 4.42 Å². The van der Waals surface area contributed by atoms with Crippen molar-refractivity contribution in [3.8, 4) is 0 Å². The molecule has 0 aliphatic rings. The molecule has 0 radical (unpaired) electrons. The summed E-state index contributed by atoms with van der Waals surface area (Å²) in [5.41, 5.74) is 5.71. The Bertz CT molecular complexity index is 973. The first-order chi connectivity index (χ1) is 13.0. The van der Waals surface area contributed by atoms with Crippen LogP contribution in [0.1, 0.15) is 39.0 Å². The largest absolute Gasteiger partial charge is 0.469 e. The molecule has 0 aliphatic heterocycles. The topological polar surface area (TPSA) is 83.7 Å². The van der Waals surface area contributed by atoms with Crippen LogP contribution in [0.4, 0.5) is 5.69 Å². The molecular formula is C21H19N3O3. The van der Waals surface area contributed by atoms with Gasteiger partial charge in [0.2, 0.25) is 0 Å². The summed E-state index contributed by atoms with van der Waals surface area (Å²) in [4.78, 5) is 24.2. The molecule has 0 unspecified atom stereocenters. The van der Waals surface area contributed by atoms with Gasteiger partial charge in [0.1, 0.15) is 5.76 Å². The van der Waals surface area contributed by atoms with Crippen LogP contribution < -0.4 is 10.7 Å². The molecule has 3 aromatic rings. The molecular weight excluding hydrogens is 342 g/mol. The number of hydrazone groups is 1. The van der Waals surface area contributed by atoms with Crippen LogP contribution >= 0.6 is 0 Å². The van der Waals surface area contributed by atoms with E-state index in [1.165, 1.54) is 6.26 Å². The predicted octanol–water partition coefficient (Wildman–Crippen LogP) is 3.99. The van der Waals surface area contributed by atoms with Crippen LogP contribution in [0.3, 0.4) is 0 Å². The van der Waals surface area contributed by atoms with Gasteiger partial charge in [-0.2, -0.15) is 5.10 Å². The molecule has 2 N–H and O–H groups in total. The zero-order valence-electron chi connectivity index (χ0n) is 15.0. The van der Waals surface area contributed by atoms with Crippen molar-refractivity contribution < 1.29 is 14.0 Å². The maximum atomic E-state index is 12.2. The molecule has 136 valence electrons. The molecule has 2 amide bonds. The molecule has 1 heterocycles. The highest BCUT2D eigenvalue weighted by atomic mass is 16.3. The summed E-state index contributed by atoms with van der Waals surface area (Å²) in [5, 5.41) is 6.96. The Labute approximate surface area is 156 Å². The van der Waals surface area contributed by atoms with Crippen LogP contribution in [0.15, 0.2) is 76.4 Å². The summed E-state index contributed by atoms with van der Waals surface area (Å²) in [5.74, 6) is 0.0442. The van der Waals surface area contributed by atoms with Crippen LogP contribution in [0.5, 0.6) is 0 Å². The zero-order chi connectivity index (χ0) is 19.2. The highest BCUT2D eigenvalue weighted by molar-refractivity contribution is 6.05. The molecule has 0 atom stereocenters. The molecule has 0 saturated carbocycles. The van der Waals surface area contributed by atoms with Gasteiger partial charge in [-0.15, -0.1) is 0 Å². The van der Waals surface area contributed by atoms with E-state index >= 15 is 0 Å². The number of benzene rings is 2. The number of aryl methyl sites for hydroxylation is 1. The third kappa shape index (κ3) is 4.49. The Hall–Kier alpha value is -3.67. The molecule has 6 nitrogen and oxygen atoms in total. The van der Waals surface area contributed by atoms with E-state index in [-0.39, 0.29) is 11.8 Å². The number of carbonyl (C=O) groups is 2. The zero-order valence-corrected chi connectivity index (χ0v) is 15.0. The molecule has 0 bridgehead atoms. The summed E-state index contributed by atoms with van der Waals surface area (Å²) in [6, 6.07) is 17.8. The van der Waals surface area contributed by atoms with E-state index in [2.05, 4.69) is 15.8 Å². The lowest BCUT2D eigenvalue weighted by Crippen LogP contribution is -2.19. The highest BCUT2D eigenvalue weighted by Gasteiger charge is 2.11. The lowest BCUT2D eigenvalue weighted by molar-refractivity contribution is 0.0952. The number of nitrogens with zero attached hydrogens (tertiary/aromatic N) is 1. The Balaban J connectivity index is 1.63. The van der Waals surface area contributed by atoms with E-state index in [0.717, 1.165) is 5.56 Å². The van der Waals surface area contributed by atoms with Crippen LogP contribution in [0, 0.1) is 6.92 Å². The van der Waals surface area contributed by atoms with Gasteiger partial charge in [-0.3, -0.25) is 9.59 Å². The maximum absolute atomic E-state index is 12.2. The van der Waals surface area contributed by atoms with E-state index < -0.39 is 0 Å². The minimum atomic E-state index is -0.327. The second kappa shape index (κ2) is 8.14. The van der Waals surface area contributed by atoms with Gasteiger partial charge in [0.25, 0.3) is 11.8 Å². The average molecular weight is 361 g/mol. The second-order valence-electron chi connectivity index (χ2n) is 5.93. The first-order valence-corrected chi connectivity index (χ1v) is 8.40. The molecule has 3 rings (SSSR count). The average Bonchev–Trinajstić information content (AvgIpc) is 3.13. The van der Waals surface area contributed by atoms with Crippen molar-refractivity contribution in [2.75, 3.05) is 5.32 Å². The van der Waals surface area contributed by atoms with Gasteiger partial charge in [-0.25, -0.2) is 5.43 Å². The molecule has 2 aromatic carbocycles. The van der Waals surface area contributed by atoms with Gasteiger partial charge in [0.05, 0.1) is 17.5 Å². The summed E-state index contributed by atoms with van der Waals surface area (Å²) in [6.07, 6.45) is 1.46. The molecule has 0 spiro atoms. The normalized spacial score (nSPS) is 11.1. The minimum Gasteiger partial charge on any atom is -0.469 e. The first kappa shape index (κ1) is 18.1. The van der Waals surface area contributed by atoms with Crippen LogP contribution in [0.2, 0.25) is 0 Å². The number of amides is 2. The lowest BCUT2D eigenvalue weighted by Gasteiger charge is -2.07. The molecule has 27 heavy (non-hydrogen) atoms. The van der Waals surface area contributed by atoms with E-state index in [0.29, 0.717) is 28.3 Å². The highest BCUT2D eigenvalue weighted by Crippen LogP contribution is 2.13. The molecule has 1 aromatic heterocycles. The number of rotatable bonds is 5. The molecule has 0 saturated heterocycles. The summed E-state index contributed by atoms with van der Waals surface area (Å²) < 4.78 is 5.11. The molecule has 0 fully saturated rings. The van der Waals surface area contributed by atoms with Gasteiger partial charge < -0.3 is 9.73 Å². The Morgan fingerprint density at radius 3 is 2.22 bits per heavy atom. The number of furan rings is 1. The van der Waals surface area contributed by atoms with Gasteiger partial charge >= 0.3 is 0 Å². The number of hydrogen-bond donors (Lipinski definition) is 2. The van der Waals surface area contributed by atoms with Crippen LogP contribution in [0.25, 0.3) is 0 Å². The van der Waals surface area contributed by atoms with E-state index in [1.54, 1.807) is 44.2 Å². The summed E-state index contributed by atoms with van der Waals surface area (Å²) in [6.45, 7) is 3.51. The fraction of sp³-hybridized carbons (Fsp3) is 0.0952. The van der Waals surface area contributed by atoms with Gasteiger partial charge in [0, 0.05) is 11.3 Å². The fourth-order valence-corrected chi connectivity index (χ4v) is 2.47. The van der Waals surface area contributed by atoms with Gasteiger partial charge in [-0.05, 0) is 49.7 Å². The fourth-order valence-electron chi connectivity index (χ4n) is 2.47. The van der Waals surface area contributed by atoms with Gasteiger partial charge in [-0.1, -0.05) is 30.3 Å². The second-order valence-corrected chi connectivity index (χ2v) is 5.93. The smallest absolute Gasteiger partial charge is 0.274 e. The number of nitrogens with one attached hydrogen (secondary N) is 2. The maximum Gasteiger partial charge on any atom is 0.274 e. The Morgan fingerprint density at radius 2 is 1.59 bits per heavy atom. The van der Waals surface area contributed by atoms with Crippen molar-refractivity contribution >= 4 is 23.2 Å². The first-order valence-electron chi connectivity index (χ1n) is 8.40. The van der Waals surface area contributed by atoms with Crippen molar-refractivity contribution in [2.24, 2.45) is 5.10 Å². The van der Waals surface area contributed by atoms with Crippen molar-refractivity contribution in [3.63, 3.8) is 0 Å². The molecule has 0 aliphatic carbocycles.